The molecule has 3 rings (SSSR count). The molecule has 0 bridgehead atoms. The summed E-state index contributed by atoms with van der Waals surface area (Å²) in [4.78, 5) is 12.8. The standard InChI is InChI=1S/C16H10ClF4NOS/c1-24-13-5-3-9(17)7-11(13)15(18)10-4-2-8(16(19,20)21)6-12(10)22-14(15)23/h2-7H,1H3,(H,22,23). The zero-order valence-electron chi connectivity index (χ0n) is 12.2. The number of halogens is 5. The van der Waals surface area contributed by atoms with Crippen LogP contribution in [0.4, 0.5) is 23.2 Å². The molecule has 8 heteroatoms. The zero-order valence-corrected chi connectivity index (χ0v) is 13.7. The monoisotopic (exact) mass is 375 g/mol. The van der Waals surface area contributed by atoms with E-state index in [9.17, 15) is 18.0 Å². The number of benzene rings is 2. The summed E-state index contributed by atoms with van der Waals surface area (Å²) >= 11 is 7.13. The van der Waals surface area contributed by atoms with E-state index in [4.69, 9.17) is 11.6 Å². The molecule has 0 radical (unpaired) electrons. The highest BCUT2D eigenvalue weighted by Gasteiger charge is 2.51. The highest BCUT2D eigenvalue weighted by molar-refractivity contribution is 7.98. The minimum atomic E-state index is -4.58. The summed E-state index contributed by atoms with van der Waals surface area (Å²) in [6.45, 7) is 0. The largest absolute Gasteiger partial charge is 0.416 e. The van der Waals surface area contributed by atoms with Gasteiger partial charge < -0.3 is 5.32 Å². The molecule has 1 heterocycles. The molecule has 1 amide bonds. The third-order valence-electron chi connectivity index (χ3n) is 3.81. The second-order valence-electron chi connectivity index (χ2n) is 5.22. The van der Waals surface area contributed by atoms with Crippen LogP contribution >= 0.6 is 23.4 Å². The normalized spacial score (nSPS) is 20.0. The van der Waals surface area contributed by atoms with Crippen LogP contribution in [0, 0.1) is 0 Å². The van der Waals surface area contributed by atoms with E-state index in [1.165, 1.54) is 17.8 Å². The summed E-state index contributed by atoms with van der Waals surface area (Å²) in [5, 5.41) is 2.43. The Bertz CT molecular complexity index is 839. The number of hydrogen-bond acceptors (Lipinski definition) is 2. The molecule has 2 aromatic rings. The van der Waals surface area contributed by atoms with Gasteiger partial charge in [-0.3, -0.25) is 4.79 Å². The van der Waals surface area contributed by atoms with Crippen LogP contribution in [-0.4, -0.2) is 12.2 Å². The molecule has 24 heavy (non-hydrogen) atoms. The quantitative estimate of drug-likeness (QED) is 0.574. The van der Waals surface area contributed by atoms with Crippen molar-refractivity contribution in [3.63, 3.8) is 0 Å². The lowest BCUT2D eigenvalue weighted by Crippen LogP contribution is -2.31. The minimum Gasteiger partial charge on any atom is -0.322 e. The van der Waals surface area contributed by atoms with Crippen molar-refractivity contribution in [1.82, 2.24) is 0 Å². The number of carbonyl (C=O) groups is 1. The van der Waals surface area contributed by atoms with Crippen molar-refractivity contribution in [3.8, 4) is 0 Å². The van der Waals surface area contributed by atoms with E-state index in [-0.39, 0.29) is 21.8 Å². The molecule has 1 atom stereocenters. The first-order valence-corrected chi connectivity index (χ1v) is 8.34. The Morgan fingerprint density at radius 2 is 1.83 bits per heavy atom. The highest BCUT2D eigenvalue weighted by atomic mass is 35.5. The molecule has 0 aromatic heterocycles. The van der Waals surface area contributed by atoms with E-state index >= 15 is 4.39 Å². The van der Waals surface area contributed by atoms with Crippen molar-refractivity contribution in [2.45, 2.75) is 16.7 Å². The maximum Gasteiger partial charge on any atom is 0.416 e. The van der Waals surface area contributed by atoms with Gasteiger partial charge in [-0.05, 0) is 36.6 Å². The number of thioether (sulfide) groups is 1. The van der Waals surface area contributed by atoms with Crippen molar-refractivity contribution < 1.29 is 22.4 Å². The summed E-state index contributed by atoms with van der Waals surface area (Å²) in [6.07, 6.45) is -2.88. The van der Waals surface area contributed by atoms with Crippen molar-refractivity contribution in [1.29, 1.82) is 0 Å². The van der Waals surface area contributed by atoms with Crippen molar-refractivity contribution in [2.75, 3.05) is 11.6 Å². The molecule has 2 aromatic carbocycles. The molecule has 126 valence electrons. The van der Waals surface area contributed by atoms with E-state index in [2.05, 4.69) is 5.32 Å². The van der Waals surface area contributed by atoms with Gasteiger partial charge in [-0.15, -0.1) is 11.8 Å². The lowest BCUT2D eigenvalue weighted by atomic mass is 9.88. The SMILES string of the molecule is CSc1ccc(Cl)cc1C1(F)C(=O)Nc2cc(C(F)(F)F)ccc21. The maximum absolute atomic E-state index is 15.7. The number of amides is 1. The Morgan fingerprint density at radius 3 is 2.46 bits per heavy atom. The van der Waals surface area contributed by atoms with E-state index in [1.54, 1.807) is 18.4 Å². The van der Waals surface area contributed by atoms with E-state index in [0.29, 0.717) is 4.90 Å². The average molecular weight is 376 g/mol. The van der Waals surface area contributed by atoms with Crippen LogP contribution in [0.5, 0.6) is 0 Å². The van der Waals surface area contributed by atoms with E-state index in [0.717, 1.165) is 18.2 Å². The Kier molecular flexibility index (Phi) is 4.04. The Balaban J connectivity index is 2.21. The average Bonchev–Trinajstić information content (AvgIpc) is 2.78. The number of carbonyl (C=O) groups excluding carboxylic acids is 1. The molecule has 0 spiro atoms. The van der Waals surface area contributed by atoms with Gasteiger partial charge in [0.2, 0.25) is 5.67 Å². The first-order chi connectivity index (χ1) is 11.2. The van der Waals surface area contributed by atoms with Crippen LogP contribution in [-0.2, 0) is 16.6 Å². The van der Waals surface area contributed by atoms with Gasteiger partial charge in [0.25, 0.3) is 5.91 Å². The smallest absolute Gasteiger partial charge is 0.322 e. The highest BCUT2D eigenvalue weighted by Crippen LogP contribution is 2.48. The van der Waals surface area contributed by atoms with Crippen LogP contribution in [0.2, 0.25) is 5.02 Å². The summed E-state index contributed by atoms with van der Waals surface area (Å²) in [5.41, 5.74) is -3.88. The lowest BCUT2D eigenvalue weighted by Gasteiger charge is -2.21. The lowest BCUT2D eigenvalue weighted by molar-refractivity contribution is -0.137. The van der Waals surface area contributed by atoms with Crippen LogP contribution in [0.25, 0.3) is 0 Å². The zero-order chi connectivity index (χ0) is 17.7. The number of hydrogen-bond donors (Lipinski definition) is 1. The molecular formula is C16H10ClF4NOS. The van der Waals surface area contributed by atoms with Gasteiger partial charge in [0.05, 0.1) is 5.56 Å². The molecule has 1 aliphatic rings. The van der Waals surface area contributed by atoms with Gasteiger partial charge in [0.15, 0.2) is 0 Å². The number of fused-ring (bicyclic) bond motifs is 1. The summed E-state index contributed by atoms with van der Waals surface area (Å²) in [6, 6.07) is 6.93. The van der Waals surface area contributed by atoms with Gasteiger partial charge in [-0.1, -0.05) is 17.7 Å². The van der Waals surface area contributed by atoms with E-state index in [1.807, 2.05) is 0 Å². The number of anilines is 1. The van der Waals surface area contributed by atoms with Gasteiger partial charge in [-0.25, -0.2) is 4.39 Å². The molecule has 0 fully saturated rings. The molecule has 0 saturated carbocycles. The van der Waals surface area contributed by atoms with Gasteiger partial charge >= 0.3 is 6.18 Å². The van der Waals surface area contributed by atoms with Gasteiger partial charge in [0, 0.05) is 26.7 Å². The van der Waals surface area contributed by atoms with Crippen LogP contribution in [0.3, 0.4) is 0 Å². The van der Waals surface area contributed by atoms with E-state index < -0.39 is 23.3 Å². The predicted octanol–water partition coefficient (Wildman–Crippen LogP) is 5.25. The third-order valence-corrected chi connectivity index (χ3v) is 4.84. The maximum atomic E-state index is 15.7. The minimum absolute atomic E-state index is 0.0125. The van der Waals surface area contributed by atoms with Crippen molar-refractivity contribution in [2.24, 2.45) is 0 Å². The fourth-order valence-corrected chi connectivity index (χ4v) is 3.47. The number of alkyl halides is 4. The number of rotatable bonds is 2. The topological polar surface area (TPSA) is 29.1 Å². The Labute approximate surface area is 144 Å². The summed E-state index contributed by atoms with van der Waals surface area (Å²) in [5.74, 6) is -1.03. The Morgan fingerprint density at radius 1 is 1.12 bits per heavy atom. The fraction of sp³-hybridized carbons (Fsp3) is 0.188. The summed E-state index contributed by atoms with van der Waals surface area (Å²) < 4.78 is 54.2. The van der Waals surface area contributed by atoms with Crippen molar-refractivity contribution >= 4 is 35.0 Å². The van der Waals surface area contributed by atoms with Gasteiger partial charge in [0.1, 0.15) is 0 Å². The van der Waals surface area contributed by atoms with Crippen molar-refractivity contribution in [3.05, 3.63) is 58.1 Å². The third kappa shape index (κ3) is 2.56. The summed E-state index contributed by atoms with van der Waals surface area (Å²) in [7, 11) is 0. The van der Waals surface area contributed by atoms with Gasteiger partial charge in [-0.2, -0.15) is 13.2 Å². The molecule has 0 aliphatic carbocycles. The molecule has 1 unspecified atom stereocenters. The van der Waals surface area contributed by atoms with Crippen LogP contribution in [0.15, 0.2) is 41.3 Å². The van der Waals surface area contributed by atoms with Crippen LogP contribution in [0.1, 0.15) is 16.7 Å². The molecule has 2 nitrogen and oxygen atoms in total. The molecule has 0 saturated heterocycles. The second kappa shape index (κ2) is 5.67. The first-order valence-electron chi connectivity index (χ1n) is 6.74. The first kappa shape index (κ1) is 17.1. The Hall–Kier alpha value is -1.73. The second-order valence-corrected chi connectivity index (χ2v) is 6.50. The predicted molar refractivity (Wildman–Crippen MR) is 85.2 cm³/mol. The molecule has 1 N–H and O–H groups in total. The number of nitrogens with one attached hydrogen (secondary N) is 1. The van der Waals surface area contributed by atoms with Crippen LogP contribution < -0.4 is 5.32 Å². The molecule has 1 aliphatic heterocycles. The molecular weight excluding hydrogens is 366 g/mol. The fourth-order valence-electron chi connectivity index (χ4n) is 2.67.